The summed E-state index contributed by atoms with van der Waals surface area (Å²) >= 11 is 0. The van der Waals surface area contributed by atoms with Crippen molar-refractivity contribution in [3.63, 3.8) is 0 Å². The third-order valence-electron chi connectivity index (χ3n) is 4.23. The Morgan fingerprint density at radius 2 is 2.04 bits per heavy atom. The number of ether oxygens (including phenoxy) is 1. The summed E-state index contributed by atoms with van der Waals surface area (Å²) in [5.74, 6) is 1.07. The number of aliphatic hydroxyl groups is 1. The van der Waals surface area contributed by atoms with Gasteiger partial charge in [0.05, 0.1) is 19.8 Å². The third kappa shape index (κ3) is 5.01. The Labute approximate surface area is 157 Å². The van der Waals surface area contributed by atoms with E-state index >= 15 is 0 Å². The van der Waals surface area contributed by atoms with Gasteiger partial charge in [-0.3, -0.25) is 4.79 Å². The molecule has 3 rings (SSSR count). The summed E-state index contributed by atoms with van der Waals surface area (Å²) in [7, 11) is 1.55. The van der Waals surface area contributed by atoms with Gasteiger partial charge in [0.15, 0.2) is 11.5 Å². The van der Waals surface area contributed by atoms with E-state index in [0.717, 1.165) is 5.56 Å². The van der Waals surface area contributed by atoms with E-state index in [4.69, 9.17) is 4.74 Å². The lowest BCUT2D eigenvalue weighted by molar-refractivity contribution is -0.122. The van der Waals surface area contributed by atoms with Crippen LogP contribution in [0.3, 0.4) is 0 Å². The van der Waals surface area contributed by atoms with Crippen molar-refractivity contribution < 1.29 is 14.6 Å². The molecule has 0 spiro atoms. The van der Waals surface area contributed by atoms with E-state index < -0.39 is 0 Å². The van der Waals surface area contributed by atoms with Crippen LogP contribution in [0.1, 0.15) is 24.2 Å². The first kappa shape index (κ1) is 18.8. The molecular formula is C19H23N5O3. The highest BCUT2D eigenvalue weighted by Crippen LogP contribution is 2.10. The number of hydrogen-bond acceptors (Lipinski definition) is 6. The van der Waals surface area contributed by atoms with Crippen LogP contribution in [0.15, 0.2) is 42.5 Å². The lowest BCUT2D eigenvalue weighted by Gasteiger charge is -2.16. The van der Waals surface area contributed by atoms with Gasteiger partial charge in [-0.05, 0) is 24.5 Å². The van der Waals surface area contributed by atoms with Crippen LogP contribution in [0, 0.1) is 0 Å². The number of hydrogen-bond donors (Lipinski definition) is 2. The first-order chi connectivity index (χ1) is 13.2. The molecule has 2 heterocycles. The number of carbonyl (C=O) groups is 1. The van der Waals surface area contributed by atoms with Gasteiger partial charge in [-0.2, -0.15) is 4.52 Å². The average Bonchev–Trinajstić information content (AvgIpc) is 3.10. The highest BCUT2D eigenvalue weighted by Gasteiger charge is 2.13. The van der Waals surface area contributed by atoms with Crippen LogP contribution < -0.4 is 10.1 Å². The summed E-state index contributed by atoms with van der Waals surface area (Å²) in [6.45, 7) is -0.0981. The van der Waals surface area contributed by atoms with Crippen molar-refractivity contribution in [3.05, 3.63) is 53.9 Å². The van der Waals surface area contributed by atoms with Gasteiger partial charge in [-0.25, -0.2) is 0 Å². The summed E-state index contributed by atoms with van der Waals surface area (Å²) in [4.78, 5) is 12.2. The van der Waals surface area contributed by atoms with Crippen molar-refractivity contribution in [2.75, 3.05) is 13.7 Å². The molecule has 0 aliphatic rings. The number of nitrogens with zero attached hydrogens (tertiary/aromatic N) is 4. The van der Waals surface area contributed by atoms with Gasteiger partial charge in [0.1, 0.15) is 0 Å². The van der Waals surface area contributed by atoms with Gasteiger partial charge in [-0.15, -0.1) is 15.3 Å². The molecular weight excluding hydrogens is 346 g/mol. The van der Waals surface area contributed by atoms with E-state index in [2.05, 4.69) is 20.6 Å². The van der Waals surface area contributed by atoms with E-state index in [0.29, 0.717) is 43.0 Å². The number of carbonyl (C=O) groups excluding carboxylic acids is 1. The van der Waals surface area contributed by atoms with Gasteiger partial charge < -0.3 is 15.2 Å². The molecule has 2 N–H and O–H groups in total. The van der Waals surface area contributed by atoms with Crippen molar-refractivity contribution in [2.45, 2.75) is 31.7 Å². The molecule has 8 heteroatoms. The van der Waals surface area contributed by atoms with E-state index in [1.165, 1.54) is 0 Å². The summed E-state index contributed by atoms with van der Waals surface area (Å²) in [6.07, 6.45) is 2.11. The number of benzene rings is 1. The zero-order valence-electron chi connectivity index (χ0n) is 15.2. The van der Waals surface area contributed by atoms with Crippen LogP contribution >= 0.6 is 0 Å². The standard InChI is InChI=1S/C19H23N5O3/c1-27-19-11-10-17-22-21-16(24(17)23-19)8-5-9-18(26)20-15(13-25)12-14-6-3-2-4-7-14/h2-4,6-7,10-11,15,25H,5,8-9,12-13H2,1H3,(H,20,26)/t15-/m0/s1. The number of aryl methyl sites for hydroxylation is 1. The van der Waals surface area contributed by atoms with Crippen molar-refractivity contribution in [3.8, 4) is 5.88 Å². The molecule has 0 saturated carbocycles. The number of aliphatic hydroxyl groups excluding tert-OH is 1. The van der Waals surface area contributed by atoms with Gasteiger partial charge >= 0.3 is 0 Å². The highest BCUT2D eigenvalue weighted by molar-refractivity contribution is 5.76. The smallest absolute Gasteiger partial charge is 0.231 e. The Morgan fingerprint density at radius 3 is 2.78 bits per heavy atom. The van der Waals surface area contributed by atoms with E-state index in [9.17, 15) is 9.90 Å². The second-order valence-electron chi connectivity index (χ2n) is 6.25. The number of nitrogens with one attached hydrogen (secondary N) is 1. The SMILES string of the molecule is COc1ccc2nnc(CCCC(=O)N[C@H](CO)Cc3ccccc3)n2n1. The fourth-order valence-corrected chi connectivity index (χ4v) is 2.85. The minimum absolute atomic E-state index is 0.0932. The van der Waals surface area contributed by atoms with Crippen LogP contribution in [0.25, 0.3) is 5.65 Å². The summed E-state index contributed by atoms with van der Waals surface area (Å²) in [5.41, 5.74) is 1.71. The fourth-order valence-electron chi connectivity index (χ4n) is 2.85. The van der Waals surface area contributed by atoms with Crippen LogP contribution in [0.5, 0.6) is 5.88 Å². The largest absolute Gasteiger partial charge is 0.480 e. The summed E-state index contributed by atoms with van der Waals surface area (Å²) in [6, 6.07) is 13.0. The minimum Gasteiger partial charge on any atom is -0.480 e. The molecule has 1 atom stereocenters. The predicted octanol–water partition coefficient (Wildman–Crippen LogP) is 1.18. The summed E-state index contributed by atoms with van der Waals surface area (Å²) < 4.78 is 6.75. The number of fused-ring (bicyclic) bond motifs is 1. The Balaban J connectivity index is 1.50. The van der Waals surface area contributed by atoms with Gasteiger partial charge in [0.2, 0.25) is 11.8 Å². The topological polar surface area (TPSA) is 102 Å². The minimum atomic E-state index is -0.292. The number of methoxy groups -OCH3 is 1. The Kier molecular flexibility index (Phi) is 6.32. The van der Waals surface area contributed by atoms with E-state index in [-0.39, 0.29) is 18.6 Å². The lowest BCUT2D eigenvalue weighted by Crippen LogP contribution is -2.39. The molecule has 0 bridgehead atoms. The Hall–Kier alpha value is -3.00. The fraction of sp³-hybridized carbons (Fsp3) is 0.368. The highest BCUT2D eigenvalue weighted by atomic mass is 16.5. The lowest BCUT2D eigenvalue weighted by atomic mass is 10.1. The molecule has 0 aliphatic heterocycles. The molecule has 0 aliphatic carbocycles. The second-order valence-corrected chi connectivity index (χ2v) is 6.25. The van der Waals surface area contributed by atoms with Crippen LogP contribution in [0.4, 0.5) is 0 Å². The number of amides is 1. The molecule has 1 amide bonds. The van der Waals surface area contributed by atoms with Crippen molar-refractivity contribution in [2.24, 2.45) is 0 Å². The van der Waals surface area contributed by atoms with E-state index in [1.807, 2.05) is 30.3 Å². The van der Waals surface area contributed by atoms with E-state index in [1.54, 1.807) is 23.8 Å². The van der Waals surface area contributed by atoms with Crippen molar-refractivity contribution in [1.29, 1.82) is 0 Å². The zero-order valence-corrected chi connectivity index (χ0v) is 15.2. The molecule has 3 aromatic rings. The second kappa shape index (κ2) is 9.09. The van der Waals surface area contributed by atoms with Crippen LogP contribution in [-0.2, 0) is 17.6 Å². The van der Waals surface area contributed by atoms with Crippen LogP contribution in [-0.4, -0.2) is 50.6 Å². The maximum atomic E-state index is 12.2. The molecule has 142 valence electrons. The molecule has 0 saturated heterocycles. The zero-order chi connectivity index (χ0) is 19.1. The monoisotopic (exact) mass is 369 g/mol. The molecule has 0 radical (unpaired) electrons. The maximum Gasteiger partial charge on any atom is 0.231 e. The Morgan fingerprint density at radius 1 is 1.22 bits per heavy atom. The predicted molar refractivity (Wildman–Crippen MR) is 99.4 cm³/mol. The quantitative estimate of drug-likeness (QED) is 0.587. The van der Waals surface area contributed by atoms with Gasteiger partial charge in [0.25, 0.3) is 0 Å². The maximum absolute atomic E-state index is 12.2. The summed E-state index contributed by atoms with van der Waals surface area (Å²) in [5, 5.41) is 24.9. The molecule has 0 fully saturated rings. The molecule has 8 nitrogen and oxygen atoms in total. The van der Waals surface area contributed by atoms with Crippen molar-refractivity contribution in [1.82, 2.24) is 25.1 Å². The molecule has 1 aromatic carbocycles. The molecule has 0 unspecified atom stereocenters. The van der Waals surface area contributed by atoms with Gasteiger partial charge in [-0.1, -0.05) is 30.3 Å². The number of aromatic nitrogens is 4. The average molecular weight is 369 g/mol. The first-order valence-corrected chi connectivity index (χ1v) is 8.89. The molecule has 27 heavy (non-hydrogen) atoms. The molecule has 2 aromatic heterocycles. The first-order valence-electron chi connectivity index (χ1n) is 8.89. The third-order valence-corrected chi connectivity index (χ3v) is 4.23. The van der Waals surface area contributed by atoms with Crippen LogP contribution in [0.2, 0.25) is 0 Å². The van der Waals surface area contributed by atoms with Crippen molar-refractivity contribution >= 4 is 11.6 Å². The van der Waals surface area contributed by atoms with Gasteiger partial charge in [0, 0.05) is 18.9 Å². The number of rotatable bonds is 9. The Bertz CT molecular complexity index is 881. The normalized spacial score (nSPS) is 12.1.